The second kappa shape index (κ2) is 6.43. The summed E-state index contributed by atoms with van der Waals surface area (Å²) in [6.07, 6.45) is 5.34. The SMILES string of the molecule is Cn1ccnc1C1CCCN1C(=O)Cc1ccc(C(=O)O)c(F)c1. The van der Waals surface area contributed by atoms with E-state index in [2.05, 4.69) is 4.98 Å². The summed E-state index contributed by atoms with van der Waals surface area (Å²) in [5, 5.41) is 8.85. The maximum atomic E-state index is 13.8. The molecule has 1 amide bonds. The van der Waals surface area contributed by atoms with Gasteiger partial charge in [0.05, 0.1) is 18.0 Å². The van der Waals surface area contributed by atoms with Gasteiger partial charge in [0.2, 0.25) is 5.91 Å². The van der Waals surface area contributed by atoms with Crippen LogP contribution in [0.25, 0.3) is 0 Å². The highest BCUT2D eigenvalue weighted by Gasteiger charge is 2.32. The summed E-state index contributed by atoms with van der Waals surface area (Å²) in [5.41, 5.74) is 0.0752. The second-order valence-electron chi connectivity index (χ2n) is 5.94. The normalized spacial score (nSPS) is 17.2. The van der Waals surface area contributed by atoms with E-state index in [0.717, 1.165) is 24.7 Å². The lowest BCUT2D eigenvalue weighted by Crippen LogP contribution is -2.33. The lowest BCUT2D eigenvalue weighted by Gasteiger charge is -2.24. The monoisotopic (exact) mass is 331 g/mol. The van der Waals surface area contributed by atoms with Crippen molar-refractivity contribution >= 4 is 11.9 Å². The van der Waals surface area contributed by atoms with Gasteiger partial charge in [0.15, 0.2) is 0 Å². The van der Waals surface area contributed by atoms with Gasteiger partial charge in [0.1, 0.15) is 11.6 Å². The second-order valence-corrected chi connectivity index (χ2v) is 5.94. The van der Waals surface area contributed by atoms with Crippen molar-refractivity contribution in [1.29, 1.82) is 0 Å². The predicted octanol–water partition coefficient (Wildman–Crippen LogP) is 2.16. The summed E-state index contributed by atoms with van der Waals surface area (Å²) >= 11 is 0. The smallest absolute Gasteiger partial charge is 0.338 e. The largest absolute Gasteiger partial charge is 0.478 e. The maximum Gasteiger partial charge on any atom is 0.338 e. The van der Waals surface area contributed by atoms with Crippen LogP contribution in [0.2, 0.25) is 0 Å². The van der Waals surface area contributed by atoms with Crippen LogP contribution in [0.1, 0.15) is 40.6 Å². The Morgan fingerprint density at radius 1 is 1.42 bits per heavy atom. The van der Waals surface area contributed by atoms with Gasteiger partial charge in [-0.2, -0.15) is 0 Å². The molecule has 3 rings (SSSR count). The van der Waals surface area contributed by atoms with Crippen LogP contribution in [-0.2, 0) is 18.3 Å². The van der Waals surface area contributed by atoms with Crippen molar-refractivity contribution in [3.05, 3.63) is 53.4 Å². The third kappa shape index (κ3) is 3.02. The molecule has 0 bridgehead atoms. The minimum atomic E-state index is -1.32. The first-order valence-electron chi connectivity index (χ1n) is 7.76. The van der Waals surface area contributed by atoms with Gasteiger partial charge >= 0.3 is 5.97 Å². The van der Waals surface area contributed by atoms with E-state index in [9.17, 15) is 14.0 Å². The van der Waals surface area contributed by atoms with Crippen LogP contribution in [0.3, 0.4) is 0 Å². The van der Waals surface area contributed by atoms with Crippen LogP contribution >= 0.6 is 0 Å². The number of hydrogen-bond acceptors (Lipinski definition) is 3. The number of halogens is 1. The molecule has 1 saturated heterocycles. The third-order valence-electron chi connectivity index (χ3n) is 4.35. The summed E-state index contributed by atoms with van der Waals surface area (Å²) in [4.78, 5) is 29.6. The lowest BCUT2D eigenvalue weighted by molar-refractivity contribution is -0.131. The first-order valence-corrected chi connectivity index (χ1v) is 7.76. The van der Waals surface area contributed by atoms with Gasteiger partial charge in [0.25, 0.3) is 0 Å². The van der Waals surface area contributed by atoms with Gasteiger partial charge in [-0.1, -0.05) is 6.07 Å². The van der Waals surface area contributed by atoms with Gasteiger partial charge in [0, 0.05) is 26.0 Å². The van der Waals surface area contributed by atoms with Crippen LogP contribution in [0.15, 0.2) is 30.6 Å². The Balaban J connectivity index is 1.76. The third-order valence-corrected chi connectivity index (χ3v) is 4.35. The number of amides is 1. The van der Waals surface area contributed by atoms with Crippen LogP contribution < -0.4 is 0 Å². The molecule has 0 aliphatic carbocycles. The predicted molar refractivity (Wildman–Crippen MR) is 84.0 cm³/mol. The van der Waals surface area contributed by atoms with Gasteiger partial charge in [-0.15, -0.1) is 0 Å². The summed E-state index contributed by atoms with van der Waals surface area (Å²) in [6, 6.07) is 3.73. The molecule has 24 heavy (non-hydrogen) atoms. The summed E-state index contributed by atoms with van der Waals surface area (Å²) in [5.74, 6) is -1.41. The molecule has 2 aromatic rings. The summed E-state index contributed by atoms with van der Waals surface area (Å²) < 4.78 is 15.7. The number of carboxylic acid groups (broad SMARTS) is 1. The van der Waals surface area contributed by atoms with Crippen molar-refractivity contribution in [3.8, 4) is 0 Å². The van der Waals surface area contributed by atoms with Gasteiger partial charge < -0.3 is 14.6 Å². The molecule has 1 fully saturated rings. The van der Waals surface area contributed by atoms with Crippen molar-refractivity contribution in [3.63, 3.8) is 0 Å². The number of hydrogen-bond donors (Lipinski definition) is 1. The molecule has 0 spiro atoms. The molecule has 6 nitrogen and oxygen atoms in total. The number of aromatic carboxylic acids is 1. The summed E-state index contributed by atoms with van der Waals surface area (Å²) in [7, 11) is 1.89. The fraction of sp³-hybridized carbons (Fsp3) is 0.353. The average Bonchev–Trinajstić information content (AvgIpc) is 3.15. The molecule has 1 aliphatic rings. The van der Waals surface area contributed by atoms with E-state index in [-0.39, 0.29) is 18.4 Å². The van der Waals surface area contributed by atoms with Crippen LogP contribution in [0, 0.1) is 5.82 Å². The quantitative estimate of drug-likeness (QED) is 0.931. The van der Waals surface area contributed by atoms with Gasteiger partial charge in [-0.05, 0) is 30.5 Å². The molecule has 0 saturated carbocycles. The zero-order chi connectivity index (χ0) is 17.3. The fourth-order valence-corrected chi connectivity index (χ4v) is 3.15. The number of imidazole rings is 1. The number of aromatic nitrogens is 2. The highest BCUT2D eigenvalue weighted by atomic mass is 19.1. The Bertz CT molecular complexity index is 787. The number of benzene rings is 1. The van der Waals surface area contributed by atoms with Gasteiger partial charge in [-0.25, -0.2) is 14.2 Å². The standard InChI is InChI=1S/C17H18FN3O3/c1-20-8-6-19-16(20)14-3-2-7-21(14)15(22)10-11-4-5-12(17(23)24)13(18)9-11/h4-6,8-9,14H,2-3,7,10H2,1H3,(H,23,24). The molecule has 7 heteroatoms. The number of carbonyl (C=O) groups is 2. The van der Waals surface area contributed by atoms with Crippen LogP contribution in [-0.4, -0.2) is 38.0 Å². The van der Waals surface area contributed by atoms with Gasteiger partial charge in [-0.3, -0.25) is 4.79 Å². The molecule has 0 radical (unpaired) electrons. The topological polar surface area (TPSA) is 75.4 Å². The zero-order valence-corrected chi connectivity index (χ0v) is 13.3. The van der Waals surface area contributed by atoms with E-state index in [4.69, 9.17) is 5.11 Å². The van der Waals surface area contributed by atoms with E-state index in [0.29, 0.717) is 12.1 Å². The number of carbonyl (C=O) groups excluding carboxylic acids is 1. The number of carboxylic acids is 1. The Morgan fingerprint density at radius 2 is 2.21 bits per heavy atom. The molecule has 1 N–H and O–H groups in total. The summed E-state index contributed by atoms with van der Waals surface area (Å²) in [6.45, 7) is 0.645. The highest BCUT2D eigenvalue weighted by Crippen LogP contribution is 2.31. The maximum absolute atomic E-state index is 13.8. The average molecular weight is 331 g/mol. The van der Waals surface area contributed by atoms with E-state index < -0.39 is 17.3 Å². The Labute approximate surface area is 138 Å². The van der Waals surface area contributed by atoms with Crippen LogP contribution in [0.4, 0.5) is 4.39 Å². The first kappa shape index (κ1) is 16.2. The molecular formula is C17H18FN3O3. The molecular weight excluding hydrogens is 313 g/mol. The molecule has 1 aromatic carbocycles. The number of rotatable bonds is 4. The Hall–Kier alpha value is -2.70. The molecule has 1 aromatic heterocycles. The van der Waals surface area contributed by atoms with Crippen molar-refractivity contribution in [2.45, 2.75) is 25.3 Å². The number of nitrogens with zero attached hydrogens (tertiary/aromatic N) is 3. The fourth-order valence-electron chi connectivity index (χ4n) is 3.15. The van der Waals surface area contributed by atoms with E-state index in [1.165, 1.54) is 12.1 Å². The number of likely N-dealkylation sites (tertiary alicyclic amines) is 1. The molecule has 1 atom stereocenters. The van der Waals surface area contributed by atoms with Crippen molar-refractivity contribution in [2.24, 2.45) is 7.05 Å². The minimum Gasteiger partial charge on any atom is -0.478 e. The van der Waals surface area contributed by atoms with Crippen LogP contribution in [0.5, 0.6) is 0 Å². The highest BCUT2D eigenvalue weighted by molar-refractivity contribution is 5.88. The Morgan fingerprint density at radius 3 is 2.83 bits per heavy atom. The molecule has 2 heterocycles. The zero-order valence-electron chi connectivity index (χ0n) is 13.3. The molecule has 1 unspecified atom stereocenters. The minimum absolute atomic E-state index is 0.0394. The van der Waals surface area contributed by atoms with Crippen molar-refractivity contribution < 1.29 is 19.1 Å². The van der Waals surface area contributed by atoms with Crippen molar-refractivity contribution in [2.75, 3.05) is 6.54 Å². The Kier molecular flexibility index (Phi) is 4.33. The molecule has 126 valence electrons. The molecule has 1 aliphatic heterocycles. The van der Waals surface area contributed by atoms with E-state index >= 15 is 0 Å². The lowest BCUT2D eigenvalue weighted by atomic mass is 10.1. The number of aryl methyl sites for hydroxylation is 1. The first-order chi connectivity index (χ1) is 11.5. The van der Waals surface area contributed by atoms with E-state index in [1.54, 1.807) is 11.1 Å². The van der Waals surface area contributed by atoms with E-state index in [1.807, 2.05) is 17.8 Å². The van der Waals surface area contributed by atoms with Crippen molar-refractivity contribution in [1.82, 2.24) is 14.5 Å².